The third-order valence-corrected chi connectivity index (χ3v) is 5.27. The lowest BCUT2D eigenvalue weighted by Gasteiger charge is -2.14. The van der Waals surface area contributed by atoms with Crippen LogP contribution in [0.2, 0.25) is 0 Å². The maximum atomic E-state index is 4.80. The first-order chi connectivity index (χ1) is 9.08. The van der Waals surface area contributed by atoms with Gasteiger partial charge in [0.2, 0.25) is 0 Å². The van der Waals surface area contributed by atoms with Crippen LogP contribution >= 0.6 is 0 Å². The van der Waals surface area contributed by atoms with E-state index < -0.39 is 0 Å². The van der Waals surface area contributed by atoms with Crippen LogP contribution in [0.4, 0.5) is 0 Å². The SMILES string of the molecule is CCc1cc(C2C3CNCCCC32C)n(C(C)C)n1. The number of hydrogen-bond donors (Lipinski definition) is 1. The van der Waals surface area contributed by atoms with Crippen LogP contribution in [0.25, 0.3) is 0 Å². The van der Waals surface area contributed by atoms with Gasteiger partial charge in [-0.3, -0.25) is 4.68 Å². The minimum atomic E-state index is 0.469. The van der Waals surface area contributed by atoms with Crippen molar-refractivity contribution < 1.29 is 0 Å². The highest BCUT2D eigenvalue weighted by atomic mass is 15.3. The molecule has 2 aliphatic rings. The fraction of sp³-hybridized carbons (Fsp3) is 0.812. The molecule has 0 amide bonds. The molecule has 1 N–H and O–H groups in total. The third-order valence-electron chi connectivity index (χ3n) is 5.27. The molecule has 3 nitrogen and oxygen atoms in total. The Hall–Kier alpha value is -0.830. The highest BCUT2D eigenvalue weighted by Crippen LogP contribution is 2.67. The molecule has 106 valence electrons. The average Bonchev–Trinajstić information content (AvgIpc) is 2.79. The molecule has 3 unspecified atom stereocenters. The molecular formula is C16H27N3. The van der Waals surface area contributed by atoms with Gasteiger partial charge in [-0.15, -0.1) is 0 Å². The second kappa shape index (κ2) is 4.62. The molecule has 2 heterocycles. The predicted octanol–water partition coefficient (Wildman–Crippen LogP) is 3.13. The summed E-state index contributed by atoms with van der Waals surface area (Å²) in [5.74, 6) is 1.53. The van der Waals surface area contributed by atoms with E-state index in [0.717, 1.165) is 18.3 Å². The number of aromatic nitrogens is 2. The summed E-state index contributed by atoms with van der Waals surface area (Å²) in [6, 6.07) is 2.83. The molecule has 2 fully saturated rings. The maximum Gasteiger partial charge on any atom is 0.0625 e. The van der Waals surface area contributed by atoms with Crippen molar-refractivity contribution in [1.82, 2.24) is 15.1 Å². The quantitative estimate of drug-likeness (QED) is 0.906. The number of aryl methyl sites for hydroxylation is 1. The lowest BCUT2D eigenvalue weighted by atomic mass is 9.97. The minimum Gasteiger partial charge on any atom is -0.316 e. The molecule has 0 bridgehead atoms. The van der Waals surface area contributed by atoms with E-state index in [1.54, 1.807) is 0 Å². The van der Waals surface area contributed by atoms with Crippen LogP contribution in [0, 0.1) is 11.3 Å². The van der Waals surface area contributed by atoms with Crippen molar-refractivity contribution in [3.05, 3.63) is 17.5 Å². The Morgan fingerprint density at radius 2 is 2.32 bits per heavy atom. The highest BCUT2D eigenvalue weighted by molar-refractivity contribution is 5.30. The number of nitrogens with one attached hydrogen (secondary N) is 1. The van der Waals surface area contributed by atoms with Crippen LogP contribution in [-0.2, 0) is 6.42 Å². The van der Waals surface area contributed by atoms with Gasteiger partial charge in [0.15, 0.2) is 0 Å². The van der Waals surface area contributed by atoms with Gasteiger partial charge in [0.05, 0.1) is 5.69 Å². The van der Waals surface area contributed by atoms with E-state index in [-0.39, 0.29) is 0 Å². The van der Waals surface area contributed by atoms with Crippen molar-refractivity contribution in [3.63, 3.8) is 0 Å². The Morgan fingerprint density at radius 1 is 1.53 bits per heavy atom. The number of rotatable bonds is 3. The molecule has 3 atom stereocenters. The summed E-state index contributed by atoms with van der Waals surface area (Å²) in [7, 11) is 0. The molecule has 0 aromatic carbocycles. The van der Waals surface area contributed by atoms with Gasteiger partial charge < -0.3 is 5.32 Å². The van der Waals surface area contributed by atoms with E-state index in [1.165, 1.54) is 37.3 Å². The van der Waals surface area contributed by atoms with Crippen LogP contribution in [-0.4, -0.2) is 22.9 Å². The van der Waals surface area contributed by atoms with Crippen molar-refractivity contribution in [2.75, 3.05) is 13.1 Å². The van der Waals surface area contributed by atoms with Crippen molar-refractivity contribution >= 4 is 0 Å². The summed E-state index contributed by atoms with van der Waals surface area (Å²) in [4.78, 5) is 0. The van der Waals surface area contributed by atoms with Gasteiger partial charge in [0.1, 0.15) is 0 Å². The lowest BCUT2D eigenvalue weighted by molar-refractivity contribution is 0.448. The van der Waals surface area contributed by atoms with Crippen LogP contribution in [0.3, 0.4) is 0 Å². The summed E-state index contributed by atoms with van der Waals surface area (Å²) in [6.45, 7) is 11.6. The van der Waals surface area contributed by atoms with E-state index in [2.05, 4.69) is 43.8 Å². The molecule has 0 spiro atoms. The summed E-state index contributed by atoms with van der Waals surface area (Å²) in [5.41, 5.74) is 3.26. The average molecular weight is 261 g/mol. The van der Waals surface area contributed by atoms with Gasteiger partial charge in [-0.05, 0) is 63.6 Å². The Morgan fingerprint density at radius 3 is 3.00 bits per heavy atom. The largest absolute Gasteiger partial charge is 0.316 e. The fourth-order valence-electron chi connectivity index (χ4n) is 4.03. The summed E-state index contributed by atoms with van der Waals surface area (Å²) in [5, 5.41) is 8.40. The third kappa shape index (κ3) is 2.03. The summed E-state index contributed by atoms with van der Waals surface area (Å²) in [6.07, 6.45) is 3.72. The second-order valence-electron chi connectivity index (χ2n) is 6.85. The van der Waals surface area contributed by atoms with E-state index in [0.29, 0.717) is 11.5 Å². The van der Waals surface area contributed by atoms with Crippen molar-refractivity contribution in [2.45, 2.75) is 58.9 Å². The Balaban J connectivity index is 1.93. The monoisotopic (exact) mass is 261 g/mol. The first kappa shape index (κ1) is 13.2. The zero-order valence-electron chi connectivity index (χ0n) is 12.7. The van der Waals surface area contributed by atoms with E-state index in [9.17, 15) is 0 Å². The van der Waals surface area contributed by atoms with Gasteiger partial charge in [0.25, 0.3) is 0 Å². The molecule has 1 saturated heterocycles. The van der Waals surface area contributed by atoms with Gasteiger partial charge in [0, 0.05) is 17.7 Å². The normalized spacial score (nSPS) is 34.2. The molecule has 1 aliphatic carbocycles. The molecule has 3 heteroatoms. The maximum absolute atomic E-state index is 4.80. The van der Waals surface area contributed by atoms with Crippen molar-refractivity contribution in [3.8, 4) is 0 Å². The molecule has 19 heavy (non-hydrogen) atoms. The van der Waals surface area contributed by atoms with E-state index in [4.69, 9.17) is 5.10 Å². The molecular weight excluding hydrogens is 234 g/mol. The van der Waals surface area contributed by atoms with Crippen LogP contribution in [0.15, 0.2) is 6.07 Å². The van der Waals surface area contributed by atoms with Gasteiger partial charge >= 0.3 is 0 Å². The molecule has 1 aromatic heterocycles. The molecule has 1 aromatic rings. The Bertz CT molecular complexity index is 463. The fourth-order valence-corrected chi connectivity index (χ4v) is 4.03. The molecule has 1 aliphatic heterocycles. The van der Waals surface area contributed by atoms with Crippen molar-refractivity contribution in [1.29, 1.82) is 0 Å². The highest BCUT2D eigenvalue weighted by Gasteiger charge is 2.62. The van der Waals surface area contributed by atoms with Gasteiger partial charge in [-0.25, -0.2) is 0 Å². The second-order valence-corrected chi connectivity index (χ2v) is 6.85. The summed E-state index contributed by atoms with van der Waals surface area (Å²) < 4.78 is 2.28. The van der Waals surface area contributed by atoms with Crippen molar-refractivity contribution in [2.24, 2.45) is 11.3 Å². The molecule has 0 radical (unpaired) electrons. The van der Waals surface area contributed by atoms with Gasteiger partial charge in [-0.1, -0.05) is 13.8 Å². The first-order valence-corrected chi connectivity index (χ1v) is 7.87. The smallest absolute Gasteiger partial charge is 0.0625 e. The van der Waals surface area contributed by atoms with Crippen LogP contribution in [0.1, 0.15) is 63.9 Å². The number of hydrogen-bond acceptors (Lipinski definition) is 2. The topological polar surface area (TPSA) is 29.9 Å². The number of fused-ring (bicyclic) bond motifs is 1. The van der Waals surface area contributed by atoms with E-state index in [1.807, 2.05) is 0 Å². The first-order valence-electron chi connectivity index (χ1n) is 7.87. The molecule has 1 saturated carbocycles. The number of nitrogens with zero attached hydrogens (tertiary/aromatic N) is 2. The van der Waals surface area contributed by atoms with Crippen LogP contribution in [0.5, 0.6) is 0 Å². The van der Waals surface area contributed by atoms with Crippen LogP contribution < -0.4 is 5.32 Å². The Kier molecular flexibility index (Phi) is 3.20. The summed E-state index contributed by atoms with van der Waals surface area (Å²) >= 11 is 0. The van der Waals surface area contributed by atoms with E-state index >= 15 is 0 Å². The lowest BCUT2D eigenvalue weighted by Crippen LogP contribution is -2.17. The Labute approximate surface area is 116 Å². The molecule has 3 rings (SSSR count). The zero-order valence-corrected chi connectivity index (χ0v) is 12.7. The minimum absolute atomic E-state index is 0.469. The van der Waals surface area contributed by atoms with Gasteiger partial charge in [-0.2, -0.15) is 5.10 Å². The predicted molar refractivity (Wildman–Crippen MR) is 78.4 cm³/mol. The zero-order chi connectivity index (χ0) is 13.6. The standard InChI is InChI=1S/C16H27N3/c1-5-12-9-14(19(18-12)11(2)3)15-13-10-17-8-6-7-16(13,15)4/h9,11,13,15,17H,5-8,10H2,1-4H3.